The van der Waals surface area contributed by atoms with Gasteiger partial charge in [0.25, 0.3) is 5.91 Å². The van der Waals surface area contributed by atoms with Crippen LogP contribution in [0.1, 0.15) is 5.69 Å². The number of carbonyl (C=O) groups excluding carboxylic acids is 1. The molecule has 1 atom stereocenters. The van der Waals surface area contributed by atoms with Gasteiger partial charge >= 0.3 is 5.97 Å². The van der Waals surface area contributed by atoms with E-state index in [1.807, 2.05) is 0 Å². The van der Waals surface area contributed by atoms with E-state index in [1.54, 1.807) is 18.2 Å². The first kappa shape index (κ1) is 13.5. The third-order valence-corrected chi connectivity index (χ3v) is 5.06. The molecule has 2 aliphatic heterocycles. The third-order valence-electron chi connectivity index (χ3n) is 3.29. The Hall–Kier alpha value is -2.48. The molecule has 3 heterocycles. The summed E-state index contributed by atoms with van der Waals surface area (Å²) in [5.41, 5.74) is 0.195. The fraction of sp³-hybridized carbons (Fsp3) is 0.154. The van der Waals surface area contributed by atoms with E-state index >= 15 is 0 Å². The standard InChI is InChI=1S/C13H10N2O5S/c16-11-9(7-8-3-1-2-5-14-8)12-15(11)10(13(17)18)4-6-21(12,19)20/h1-5,7,12H,6H2,(H,17,18)/t12-/m1/s1. The van der Waals surface area contributed by atoms with E-state index in [1.165, 1.54) is 12.3 Å². The molecule has 1 amide bonds. The Labute approximate surface area is 120 Å². The molecule has 2 aliphatic rings. The molecule has 1 N–H and O–H groups in total. The second-order valence-corrected chi connectivity index (χ2v) is 6.71. The lowest BCUT2D eigenvalue weighted by Gasteiger charge is -2.43. The molecule has 0 radical (unpaired) electrons. The maximum Gasteiger partial charge on any atom is 0.352 e. The van der Waals surface area contributed by atoms with Crippen molar-refractivity contribution in [1.29, 1.82) is 0 Å². The second-order valence-electron chi connectivity index (χ2n) is 4.61. The van der Waals surface area contributed by atoms with Gasteiger partial charge in [-0.2, -0.15) is 0 Å². The largest absolute Gasteiger partial charge is 0.477 e. The minimum absolute atomic E-state index is 0.0422. The molecule has 1 aromatic heterocycles. The molecule has 3 rings (SSSR count). The number of sulfone groups is 1. The van der Waals surface area contributed by atoms with Crippen molar-refractivity contribution in [3.63, 3.8) is 0 Å². The number of carboxylic acid groups (broad SMARTS) is 1. The summed E-state index contributed by atoms with van der Waals surface area (Å²) >= 11 is 0. The fourth-order valence-electron chi connectivity index (χ4n) is 2.34. The van der Waals surface area contributed by atoms with E-state index in [2.05, 4.69) is 4.98 Å². The number of aromatic nitrogens is 1. The molecule has 21 heavy (non-hydrogen) atoms. The van der Waals surface area contributed by atoms with E-state index in [9.17, 15) is 18.0 Å². The number of rotatable bonds is 2. The molecule has 7 nitrogen and oxygen atoms in total. The molecule has 0 aromatic carbocycles. The Morgan fingerprint density at radius 2 is 2.19 bits per heavy atom. The lowest BCUT2D eigenvalue weighted by Crippen LogP contribution is -2.61. The Balaban J connectivity index is 2.05. The van der Waals surface area contributed by atoms with Crippen molar-refractivity contribution in [2.45, 2.75) is 5.37 Å². The molecular formula is C13H10N2O5S. The summed E-state index contributed by atoms with van der Waals surface area (Å²) in [7, 11) is -3.62. The Kier molecular flexibility index (Phi) is 2.91. The van der Waals surface area contributed by atoms with Gasteiger partial charge in [-0.25, -0.2) is 13.2 Å². The molecule has 0 spiro atoms. The first-order valence-corrected chi connectivity index (χ1v) is 7.74. The van der Waals surface area contributed by atoms with Crippen molar-refractivity contribution in [3.8, 4) is 0 Å². The summed E-state index contributed by atoms with van der Waals surface area (Å²) in [5, 5.41) is 7.80. The SMILES string of the molecule is O=C(O)C1=CCS(=O)(=O)[C@@H]2C(=Cc3ccccn3)C(=O)N12. The van der Waals surface area contributed by atoms with Gasteiger partial charge in [-0.05, 0) is 24.3 Å². The second kappa shape index (κ2) is 4.52. The maximum atomic E-state index is 12.1. The van der Waals surface area contributed by atoms with Crippen LogP contribution >= 0.6 is 0 Å². The highest BCUT2D eigenvalue weighted by atomic mass is 32.2. The molecular weight excluding hydrogens is 296 g/mol. The van der Waals surface area contributed by atoms with Gasteiger partial charge in [0, 0.05) is 6.20 Å². The molecule has 0 aliphatic carbocycles. The van der Waals surface area contributed by atoms with E-state index < -0.39 is 32.8 Å². The summed E-state index contributed by atoms with van der Waals surface area (Å²) in [6.45, 7) is 0. The Morgan fingerprint density at radius 1 is 1.43 bits per heavy atom. The summed E-state index contributed by atoms with van der Waals surface area (Å²) in [4.78, 5) is 27.9. The van der Waals surface area contributed by atoms with E-state index in [0.29, 0.717) is 5.69 Å². The van der Waals surface area contributed by atoms with Crippen LogP contribution in [0.4, 0.5) is 0 Å². The van der Waals surface area contributed by atoms with E-state index in [4.69, 9.17) is 5.11 Å². The quantitative estimate of drug-likeness (QED) is 0.610. The van der Waals surface area contributed by atoms with E-state index in [-0.39, 0.29) is 11.3 Å². The lowest BCUT2D eigenvalue weighted by atomic mass is 10.0. The number of carboxylic acids is 1. The smallest absolute Gasteiger partial charge is 0.352 e. The first-order valence-electron chi connectivity index (χ1n) is 6.03. The van der Waals surface area contributed by atoms with Crippen LogP contribution in [0.15, 0.2) is 41.7 Å². The minimum Gasteiger partial charge on any atom is -0.477 e. The first-order chi connectivity index (χ1) is 9.92. The van der Waals surface area contributed by atoms with Crippen molar-refractivity contribution < 1.29 is 23.1 Å². The fourth-order valence-corrected chi connectivity index (χ4v) is 4.00. The average molecular weight is 306 g/mol. The summed E-state index contributed by atoms with van der Waals surface area (Å²) in [6.07, 6.45) is 3.95. The number of aliphatic carboxylic acids is 1. The molecule has 108 valence electrons. The van der Waals surface area contributed by atoms with Crippen molar-refractivity contribution in [2.24, 2.45) is 0 Å². The number of β-lactam (4-membered cyclic amide) rings is 1. The summed E-state index contributed by atoms with van der Waals surface area (Å²) in [6, 6.07) is 5.03. The van der Waals surface area contributed by atoms with Crippen LogP contribution in [0, 0.1) is 0 Å². The molecule has 0 saturated carbocycles. The number of hydrogen-bond donors (Lipinski definition) is 1. The van der Waals surface area contributed by atoms with Crippen LogP contribution in [-0.4, -0.2) is 46.4 Å². The Bertz CT molecular complexity index is 795. The van der Waals surface area contributed by atoms with Crippen LogP contribution < -0.4 is 0 Å². The van der Waals surface area contributed by atoms with Crippen molar-refractivity contribution >= 4 is 27.8 Å². The molecule has 0 unspecified atom stereocenters. The highest BCUT2D eigenvalue weighted by molar-refractivity contribution is 7.92. The zero-order chi connectivity index (χ0) is 15.2. The zero-order valence-corrected chi connectivity index (χ0v) is 11.4. The predicted octanol–water partition coefficient (Wildman–Crippen LogP) is 0.0302. The van der Waals surface area contributed by atoms with Gasteiger partial charge in [0.15, 0.2) is 15.2 Å². The van der Waals surface area contributed by atoms with Gasteiger partial charge < -0.3 is 5.11 Å². The van der Waals surface area contributed by atoms with Gasteiger partial charge in [-0.1, -0.05) is 6.07 Å². The van der Waals surface area contributed by atoms with Crippen LogP contribution in [0.5, 0.6) is 0 Å². The highest BCUT2D eigenvalue weighted by Gasteiger charge is 2.54. The summed E-state index contributed by atoms with van der Waals surface area (Å²) in [5.74, 6) is -2.34. The third kappa shape index (κ3) is 2.04. The molecule has 1 aromatic rings. The predicted molar refractivity (Wildman–Crippen MR) is 72.4 cm³/mol. The topological polar surface area (TPSA) is 105 Å². The van der Waals surface area contributed by atoms with Crippen LogP contribution in [0.2, 0.25) is 0 Å². The molecule has 8 heteroatoms. The van der Waals surface area contributed by atoms with Gasteiger partial charge in [-0.3, -0.25) is 14.7 Å². The van der Waals surface area contributed by atoms with E-state index in [0.717, 1.165) is 11.0 Å². The number of amides is 1. The minimum atomic E-state index is -3.62. The van der Waals surface area contributed by atoms with Gasteiger partial charge in [0.2, 0.25) is 0 Å². The van der Waals surface area contributed by atoms with Gasteiger partial charge in [0.05, 0.1) is 17.0 Å². The van der Waals surface area contributed by atoms with Crippen LogP contribution in [-0.2, 0) is 19.4 Å². The molecule has 0 bridgehead atoms. The summed E-state index contributed by atoms with van der Waals surface area (Å²) < 4.78 is 24.1. The van der Waals surface area contributed by atoms with Gasteiger partial charge in [0.1, 0.15) is 5.70 Å². The van der Waals surface area contributed by atoms with Crippen LogP contribution in [0.3, 0.4) is 0 Å². The highest BCUT2D eigenvalue weighted by Crippen LogP contribution is 2.38. The van der Waals surface area contributed by atoms with Crippen molar-refractivity contribution in [2.75, 3.05) is 5.75 Å². The molecule has 1 saturated heterocycles. The Morgan fingerprint density at radius 3 is 2.81 bits per heavy atom. The zero-order valence-electron chi connectivity index (χ0n) is 10.6. The number of fused-ring (bicyclic) bond motifs is 1. The monoisotopic (exact) mass is 306 g/mol. The van der Waals surface area contributed by atoms with Crippen molar-refractivity contribution in [1.82, 2.24) is 9.88 Å². The lowest BCUT2D eigenvalue weighted by molar-refractivity contribution is -0.141. The maximum absolute atomic E-state index is 12.1. The average Bonchev–Trinajstić information content (AvgIpc) is 2.44. The van der Waals surface area contributed by atoms with Gasteiger partial charge in [-0.15, -0.1) is 0 Å². The normalized spacial score (nSPS) is 25.0. The number of pyridine rings is 1. The number of carbonyl (C=O) groups is 2. The number of nitrogens with zero attached hydrogens (tertiary/aromatic N) is 2. The molecule has 1 fully saturated rings. The van der Waals surface area contributed by atoms with Crippen molar-refractivity contribution in [3.05, 3.63) is 47.4 Å². The number of hydrogen-bond acceptors (Lipinski definition) is 5. The van der Waals surface area contributed by atoms with Crippen LogP contribution in [0.25, 0.3) is 6.08 Å².